The van der Waals surface area contributed by atoms with Gasteiger partial charge in [-0.25, -0.2) is 4.98 Å². The Bertz CT molecular complexity index is 591. The van der Waals surface area contributed by atoms with Crippen LogP contribution in [-0.2, 0) is 6.54 Å². The van der Waals surface area contributed by atoms with Crippen LogP contribution in [0.4, 0.5) is 0 Å². The average Bonchev–Trinajstić information content (AvgIpc) is 3.00. The van der Waals surface area contributed by atoms with Gasteiger partial charge in [0, 0.05) is 6.54 Å². The molecule has 0 aliphatic heterocycles. The van der Waals surface area contributed by atoms with Crippen LogP contribution in [0.1, 0.15) is 47.6 Å². The third-order valence-electron chi connectivity index (χ3n) is 3.38. The lowest BCUT2D eigenvalue weighted by Gasteiger charge is -2.20. The monoisotopic (exact) mass is 308 g/mol. The van der Waals surface area contributed by atoms with Crippen LogP contribution >= 0.6 is 11.3 Å². The second-order valence-electron chi connectivity index (χ2n) is 4.99. The van der Waals surface area contributed by atoms with Crippen molar-refractivity contribution in [1.29, 1.82) is 0 Å². The van der Waals surface area contributed by atoms with E-state index >= 15 is 0 Å². The summed E-state index contributed by atoms with van der Waals surface area (Å²) in [5, 5.41) is 9.13. The Morgan fingerprint density at radius 2 is 2.14 bits per heavy atom. The van der Waals surface area contributed by atoms with Gasteiger partial charge in [0.05, 0.1) is 34.9 Å². The molecule has 0 spiro atoms. The van der Waals surface area contributed by atoms with Crippen molar-refractivity contribution >= 4 is 11.3 Å². The molecular formula is C15H24N4OS. The molecule has 1 N–H and O–H groups in total. The van der Waals surface area contributed by atoms with Gasteiger partial charge in [0.25, 0.3) is 0 Å². The molecule has 0 radical (unpaired) electrons. The van der Waals surface area contributed by atoms with Crippen molar-refractivity contribution in [3.63, 3.8) is 0 Å². The summed E-state index contributed by atoms with van der Waals surface area (Å²) < 4.78 is 7.57. The van der Waals surface area contributed by atoms with Gasteiger partial charge in [-0.15, -0.1) is 11.3 Å². The van der Waals surface area contributed by atoms with Crippen molar-refractivity contribution in [2.75, 3.05) is 13.7 Å². The van der Waals surface area contributed by atoms with E-state index in [2.05, 4.69) is 36.2 Å². The number of hydrogen-bond acceptors (Lipinski definition) is 5. The molecule has 0 saturated carbocycles. The molecule has 1 unspecified atom stereocenters. The van der Waals surface area contributed by atoms with E-state index in [0.29, 0.717) is 0 Å². The molecule has 2 rings (SSSR count). The molecular weight excluding hydrogens is 284 g/mol. The van der Waals surface area contributed by atoms with E-state index in [1.54, 1.807) is 24.6 Å². The number of nitrogens with zero attached hydrogens (tertiary/aromatic N) is 3. The number of aryl methyl sites for hydroxylation is 3. The maximum absolute atomic E-state index is 5.53. The largest absolute Gasteiger partial charge is 0.493 e. The highest BCUT2D eigenvalue weighted by Gasteiger charge is 2.26. The van der Waals surface area contributed by atoms with Crippen LogP contribution in [0.25, 0.3) is 0 Å². The second-order valence-corrected chi connectivity index (χ2v) is 6.23. The Labute approximate surface area is 130 Å². The van der Waals surface area contributed by atoms with Crippen LogP contribution in [0, 0.1) is 13.8 Å². The standard InChI is InChI=1S/C15H24N4OS/c1-6-8-19-14(12(20-5)9-17-19)13(16-7-2)15-10(3)18-11(4)21-15/h9,13,16H,6-8H2,1-5H3. The molecule has 1 atom stereocenters. The minimum absolute atomic E-state index is 0.0743. The van der Waals surface area contributed by atoms with E-state index in [1.807, 2.05) is 11.6 Å². The number of aromatic nitrogens is 3. The van der Waals surface area contributed by atoms with E-state index in [0.717, 1.165) is 41.7 Å². The zero-order valence-corrected chi connectivity index (χ0v) is 14.3. The molecule has 2 aromatic heterocycles. The van der Waals surface area contributed by atoms with E-state index in [1.165, 1.54) is 4.88 Å². The van der Waals surface area contributed by atoms with Gasteiger partial charge in [-0.05, 0) is 26.8 Å². The summed E-state index contributed by atoms with van der Waals surface area (Å²) in [6, 6.07) is 0.0743. The lowest BCUT2D eigenvalue weighted by molar-refractivity contribution is 0.399. The zero-order chi connectivity index (χ0) is 15.4. The quantitative estimate of drug-likeness (QED) is 0.854. The summed E-state index contributed by atoms with van der Waals surface area (Å²) >= 11 is 1.74. The Morgan fingerprint density at radius 3 is 2.67 bits per heavy atom. The van der Waals surface area contributed by atoms with Crippen LogP contribution in [-0.4, -0.2) is 28.4 Å². The first kappa shape index (κ1) is 16.0. The summed E-state index contributed by atoms with van der Waals surface area (Å²) in [7, 11) is 1.70. The fraction of sp³-hybridized carbons (Fsp3) is 0.600. The predicted molar refractivity (Wildman–Crippen MR) is 86.2 cm³/mol. The van der Waals surface area contributed by atoms with Crippen molar-refractivity contribution in [3.8, 4) is 5.75 Å². The molecule has 0 fully saturated rings. The van der Waals surface area contributed by atoms with E-state index < -0.39 is 0 Å². The van der Waals surface area contributed by atoms with Gasteiger partial charge in [0.1, 0.15) is 5.69 Å². The van der Waals surface area contributed by atoms with Gasteiger partial charge < -0.3 is 10.1 Å². The number of rotatable bonds is 7. The van der Waals surface area contributed by atoms with Gasteiger partial charge in [0.2, 0.25) is 0 Å². The maximum atomic E-state index is 5.53. The Kier molecular flexibility index (Phi) is 5.36. The first-order chi connectivity index (χ1) is 10.1. The summed E-state index contributed by atoms with van der Waals surface area (Å²) in [6.45, 7) is 10.1. The highest BCUT2D eigenvalue weighted by molar-refractivity contribution is 7.11. The van der Waals surface area contributed by atoms with Gasteiger partial charge in [-0.2, -0.15) is 5.10 Å². The fourth-order valence-corrected chi connectivity index (χ4v) is 3.56. The van der Waals surface area contributed by atoms with Crippen LogP contribution in [0.5, 0.6) is 5.75 Å². The van der Waals surface area contributed by atoms with Crippen molar-refractivity contribution in [3.05, 3.63) is 27.5 Å². The second kappa shape index (κ2) is 7.04. The third-order valence-corrected chi connectivity index (χ3v) is 4.52. The summed E-state index contributed by atoms with van der Waals surface area (Å²) in [6.07, 6.45) is 2.84. The van der Waals surface area contributed by atoms with Gasteiger partial charge >= 0.3 is 0 Å². The molecule has 0 aromatic carbocycles. The topological polar surface area (TPSA) is 52.0 Å². The van der Waals surface area contributed by atoms with Crippen LogP contribution in [0.2, 0.25) is 0 Å². The molecule has 0 bridgehead atoms. The highest BCUT2D eigenvalue weighted by atomic mass is 32.1. The lowest BCUT2D eigenvalue weighted by Crippen LogP contribution is -2.25. The Hall–Kier alpha value is -1.40. The summed E-state index contributed by atoms with van der Waals surface area (Å²) in [5.41, 5.74) is 2.17. The predicted octanol–water partition coefficient (Wildman–Crippen LogP) is 3.07. The van der Waals surface area contributed by atoms with E-state index in [-0.39, 0.29) is 6.04 Å². The Balaban J connectivity index is 2.51. The first-order valence-corrected chi connectivity index (χ1v) is 8.20. The van der Waals surface area contributed by atoms with Crippen molar-refractivity contribution in [2.45, 2.75) is 46.7 Å². The number of nitrogens with one attached hydrogen (secondary N) is 1. The first-order valence-electron chi connectivity index (χ1n) is 7.39. The molecule has 2 heterocycles. The third kappa shape index (κ3) is 3.27. The van der Waals surface area contributed by atoms with Crippen molar-refractivity contribution in [1.82, 2.24) is 20.1 Å². The number of ether oxygens (including phenoxy) is 1. The molecule has 0 saturated heterocycles. The van der Waals surface area contributed by atoms with E-state index in [9.17, 15) is 0 Å². The average molecular weight is 308 g/mol. The molecule has 0 aliphatic rings. The highest BCUT2D eigenvalue weighted by Crippen LogP contribution is 2.34. The molecule has 6 heteroatoms. The van der Waals surface area contributed by atoms with Crippen LogP contribution < -0.4 is 10.1 Å². The SMILES string of the molecule is CCCn1ncc(OC)c1C(NCC)c1sc(C)nc1C. The maximum Gasteiger partial charge on any atom is 0.161 e. The lowest BCUT2D eigenvalue weighted by atomic mass is 10.1. The molecule has 2 aromatic rings. The molecule has 0 aliphatic carbocycles. The smallest absolute Gasteiger partial charge is 0.161 e. The molecule has 5 nitrogen and oxygen atoms in total. The summed E-state index contributed by atoms with van der Waals surface area (Å²) in [5.74, 6) is 0.833. The van der Waals surface area contributed by atoms with Crippen LogP contribution in [0.3, 0.4) is 0 Å². The van der Waals surface area contributed by atoms with Gasteiger partial charge in [0.15, 0.2) is 5.75 Å². The van der Waals surface area contributed by atoms with Crippen molar-refractivity contribution in [2.24, 2.45) is 0 Å². The molecule has 116 valence electrons. The molecule has 21 heavy (non-hydrogen) atoms. The Morgan fingerprint density at radius 1 is 1.38 bits per heavy atom. The van der Waals surface area contributed by atoms with Crippen LogP contribution in [0.15, 0.2) is 6.20 Å². The summed E-state index contributed by atoms with van der Waals surface area (Å²) in [4.78, 5) is 5.80. The number of thiazole rings is 1. The number of hydrogen-bond donors (Lipinski definition) is 1. The molecule has 0 amide bonds. The van der Waals surface area contributed by atoms with E-state index in [4.69, 9.17) is 4.74 Å². The minimum atomic E-state index is 0.0743. The van der Waals surface area contributed by atoms with Gasteiger partial charge in [-0.3, -0.25) is 4.68 Å². The minimum Gasteiger partial charge on any atom is -0.493 e. The normalized spacial score (nSPS) is 12.6. The van der Waals surface area contributed by atoms with Gasteiger partial charge in [-0.1, -0.05) is 13.8 Å². The van der Waals surface area contributed by atoms with Crippen molar-refractivity contribution < 1.29 is 4.74 Å². The fourth-order valence-electron chi connectivity index (χ4n) is 2.55. The zero-order valence-electron chi connectivity index (χ0n) is 13.4. The number of methoxy groups -OCH3 is 1.